The Morgan fingerprint density at radius 1 is 0.459 bits per heavy atom. The van der Waals surface area contributed by atoms with Crippen molar-refractivity contribution >= 4 is 75.9 Å². The predicted octanol–water partition coefficient (Wildman–Crippen LogP) is 4.80. The number of nitrogens with two attached hydrogens (primary N) is 1. The number of fused-ring (bicyclic) bond motifs is 1. The Labute approximate surface area is 653 Å². The highest BCUT2D eigenvalue weighted by molar-refractivity contribution is 6.00. The maximum absolute atomic E-state index is 14.8. The van der Waals surface area contributed by atoms with Gasteiger partial charge in [0.05, 0.1) is 24.4 Å². The van der Waals surface area contributed by atoms with Crippen LogP contribution in [0.5, 0.6) is 11.5 Å². The van der Waals surface area contributed by atoms with E-state index in [9.17, 15) is 78.3 Å². The molecule has 111 heavy (non-hydrogen) atoms. The first-order chi connectivity index (χ1) is 52.7. The average Bonchev–Trinajstić information content (AvgIpc) is 1.72. The minimum Gasteiger partial charge on any atom is -0.508 e. The molecule has 1 saturated heterocycles. The lowest BCUT2D eigenvalue weighted by atomic mass is 9.99. The molecular formula is C82H127N13O16. The third-order valence-corrected chi connectivity index (χ3v) is 20.1. The highest BCUT2D eigenvalue weighted by atomic mass is 16.3. The van der Waals surface area contributed by atoms with Crippen LogP contribution in [0, 0.1) is 17.8 Å². The summed E-state index contributed by atoms with van der Waals surface area (Å²) < 4.78 is 0. The fourth-order valence-corrected chi connectivity index (χ4v) is 13.7. The average molecular weight is 1550 g/mol. The monoisotopic (exact) mass is 1550 g/mol. The van der Waals surface area contributed by atoms with Crippen molar-refractivity contribution in [1.82, 2.24) is 63.1 Å². The Morgan fingerprint density at radius 3 is 1.37 bits per heavy atom. The van der Waals surface area contributed by atoms with Crippen LogP contribution in [0.4, 0.5) is 0 Å². The van der Waals surface area contributed by atoms with E-state index in [1.54, 1.807) is 24.4 Å². The van der Waals surface area contributed by atoms with Crippen LogP contribution in [0.3, 0.4) is 0 Å². The first kappa shape index (κ1) is 92.4. The van der Waals surface area contributed by atoms with Crippen LogP contribution < -0.4 is 58.9 Å². The lowest BCUT2D eigenvalue weighted by molar-refractivity contribution is -0.143. The van der Waals surface area contributed by atoms with Crippen molar-refractivity contribution in [2.24, 2.45) is 23.5 Å². The topological polar surface area (TPSA) is 454 Å². The molecule has 14 atom stereocenters. The van der Waals surface area contributed by atoms with Crippen LogP contribution >= 0.6 is 0 Å². The maximum Gasteiger partial charge on any atom is 0.245 e. The number of hydrogen-bond acceptors (Lipinski definition) is 17. The number of aromatic amines is 1. The van der Waals surface area contributed by atoms with Gasteiger partial charge in [-0.1, -0.05) is 174 Å². The number of primary amides is 1. The normalized spacial score (nSPS) is 16.5. The van der Waals surface area contributed by atoms with E-state index in [4.69, 9.17) is 5.73 Å². The molecular weight excluding hydrogens is 1420 g/mol. The zero-order chi connectivity index (χ0) is 82.0. The van der Waals surface area contributed by atoms with Crippen LogP contribution in [0.1, 0.15) is 208 Å². The molecule has 0 spiro atoms. The van der Waals surface area contributed by atoms with Crippen LogP contribution in [-0.4, -0.2) is 198 Å². The zero-order valence-electron chi connectivity index (χ0n) is 66.8. The van der Waals surface area contributed by atoms with Gasteiger partial charge in [-0.05, 0) is 131 Å². The summed E-state index contributed by atoms with van der Waals surface area (Å²) in [4.78, 5) is 161. The molecule has 0 radical (unpaired) electrons. The smallest absolute Gasteiger partial charge is 0.245 e. The van der Waals surface area contributed by atoms with E-state index in [0.29, 0.717) is 40.6 Å². The van der Waals surface area contributed by atoms with E-state index in [2.05, 4.69) is 65.1 Å². The van der Waals surface area contributed by atoms with Crippen molar-refractivity contribution < 1.29 is 78.3 Å². The van der Waals surface area contributed by atoms with Crippen LogP contribution in [0.15, 0.2) is 79.0 Å². The van der Waals surface area contributed by atoms with Crippen molar-refractivity contribution in [2.45, 2.75) is 296 Å². The number of nitrogens with zero attached hydrogens (tertiary/aromatic N) is 1. The number of H-pyrrole nitrogens is 1. The predicted molar refractivity (Wildman–Crippen MR) is 423 cm³/mol. The number of likely N-dealkylation sites (tertiary alicyclic amines) is 1. The summed E-state index contributed by atoms with van der Waals surface area (Å²) in [5.74, 6) is -10.1. The quantitative estimate of drug-likeness (QED) is 0.0264. The van der Waals surface area contributed by atoms with E-state index in [-0.39, 0.29) is 74.3 Å². The van der Waals surface area contributed by atoms with Crippen LogP contribution in [0.25, 0.3) is 10.9 Å². The fraction of sp³-hybridized carbons (Fsp3) is 0.622. The summed E-state index contributed by atoms with van der Waals surface area (Å²) in [6.45, 7) is 19.1. The van der Waals surface area contributed by atoms with E-state index < -0.39 is 150 Å². The van der Waals surface area contributed by atoms with Gasteiger partial charge < -0.3 is 94.3 Å². The molecule has 1 fully saturated rings. The molecule has 3 aromatic carbocycles. The van der Waals surface area contributed by atoms with E-state index in [1.165, 1.54) is 152 Å². The van der Waals surface area contributed by atoms with Gasteiger partial charge >= 0.3 is 0 Å². The molecule has 0 unspecified atom stereocenters. The van der Waals surface area contributed by atoms with E-state index >= 15 is 0 Å². The first-order valence-electron chi connectivity index (χ1n) is 39.9. The Morgan fingerprint density at radius 2 is 0.874 bits per heavy atom. The van der Waals surface area contributed by atoms with Gasteiger partial charge in [0, 0.05) is 42.9 Å². The second kappa shape index (κ2) is 47.2. The molecule has 0 bridgehead atoms. The van der Waals surface area contributed by atoms with Crippen molar-refractivity contribution in [1.29, 1.82) is 0 Å². The van der Waals surface area contributed by atoms with Crippen molar-refractivity contribution in [3.63, 3.8) is 0 Å². The third kappa shape index (κ3) is 31.1. The van der Waals surface area contributed by atoms with Gasteiger partial charge in [0.1, 0.15) is 71.9 Å². The minimum atomic E-state index is -1.83. The maximum atomic E-state index is 14.8. The van der Waals surface area contributed by atoms with Crippen molar-refractivity contribution in [3.8, 4) is 11.5 Å². The van der Waals surface area contributed by atoms with Crippen molar-refractivity contribution in [3.05, 3.63) is 95.7 Å². The van der Waals surface area contributed by atoms with Crippen LogP contribution in [-0.2, 0) is 72.0 Å². The summed E-state index contributed by atoms with van der Waals surface area (Å²) >= 11 is 0. The number of phenolic OH excluding ortho intramolecular Hbond substituents is 2. The second-order valence-corrected chi connectivity index (χ2v) is 31.1. The number of carbonyl (C=O) groups excluding carboxylic acids is 11. The highest BCUT2D eigenvalue weighted by Crippen LogP contribution is 2.24. The fourth-order valence-electron chi connectivity index (χ4n) is 13.7. The molecule has 616 valence electrons. The number of aliphatic hydroxyl groups is 3. The third-order valence-electron chi connectivity index (χ3n) is 20.1. The summed E-state index contributed by atoms with van der Waals surface area (Å²) in [5.41, 5.74) is 7.79. The molecule has 1 aliphatic heterocycles. The molecule has 18 N–H and O–H groups in total. The molecule has 11 amide bonds. The van der Waals surface area contributed by atoms with Gasteiger partial charge in [-0.3, -0.25) is 52.7 Å². The molecule has 1 aromatic heterocycles. The summed E-state index contributed by atoms with van der Waals surface area (Å²) in [6, 6.07) is 3.26. The number of aliphatic hydroxyl groups excluding tert-OH is 3. The largest absolute Gasteiger partial charge is 0.508 e. The number of rotatable bonds is 50. The number of carbonyl (C=O) groups is 11. The number of nitrogens with one attached hydrogen (secondary N) is 11. The zero-order valence-corrected chi connectivity index (χ0v) is 66.8. The molecule has 2 heterocycles. The number of unbranched alkanes of at least 4 members (excludes halogenated alkanes) is 13. The number of amides is 11. The minimum absolute atomic E-state index is 0.0525. The van der Waals surface area contributed by atoms with E-state index in [0.717, 1.165) is 19.3 Å². The molecule has 4 aromatic rings. The molecule has 29 heteroatoms. The number of aromatic hydroxyl groups is 2. The van der Waals surface area contributed by atoms with Gasteiger partial charge in [0.25, 0.3) is 0 Å². The lowest BCUT2D eigenvalue weighted by Crippen LogP contribution is -2.63. The molecule has 0 aliphatic carbocycles. The molecule has 29 nitrogen and oxygen atoms in total. The first-order valence-corrected chi connectivity index (χ1v) is 39.9. The van der Waals surface area contributed by atoms with Gasteiger partial charge in [-0.15, -0.1) is 0 Å². The van der Waals surface area contributed by atoms with Gasteiger partial charge in [-0.25, -0.2) is 0 Å². The molecule has 1 aliphatic rings. The van der Waals surface area contributed by atoms with Crippen molar-refractivity contribution in [2.75, 3.05) is 13.1 Å². The number of para-hydroxylation sites is 1. The Hall–Kier alpha value is -9.19. The molecule has 0 saturated carbocycles. The number of hydrogen-bond donors (Lipinski definition) is 17. The molecule has 5 rings (SSSR count). The van der Waals surface area contributed by atoms with Gasteiger partial charge in [0.15, 0.2) is 0 Å². The van der Waals surface area contributed by atoms with E-state index in [1.807, 2.05) is 47.6 Å². The Kier molecular flexibility index (Phi) is 39.3. The lowest BCUT2D eigenvalue weighted by Gasteiger charge is -2.32. The standard InChI is InChI=1S/C82H127N13O16/c1-12-13-14-15-16-17-18-19-20-21-22-23-24-27-40-84-68(50(6)7)78(107)94-71(54(11)98)81(110)91-66(43-49(4)5)82(111)95-41-28-31-67(95)77(106)89-63(42-48(2)3)75(104)88-65(46-57-47-85-61-30-26-25-29-60(57)61)74(103)86-51(8)73(102)92-69(52(9)96)80(109)90-64(45-56-34-38-59(100)39-35-56)76(105)93-70(53(10)97)79(108)87-62(72(83)101)44-55-32-36-58(99)37-33-55/h25-26,29-30,32-39,47-54,62-71,84-85,96-100H,12-24,27-28,31,40-46H2,1-11H3,(H2,83,101)(H,86,103)(H,87,108)(H,88,104)(H,89,106)(H,90,109)(H,91,110)(H,92,102)(H,93,105)(H,94,107)/t51-,52+,53+,54+,62-,63-,64-,65-,66-,67-,68-,69-,70-,71-/m0/s1. The number of benzene rings is 3. The highest BCUT2D eigenvalue weighted by Gasteiger charge is 2.42. The number of phenols is 2. The van der Waals surface area contributed by atoms with Gasteiger partial charge in [-0.2, -0.15) is 0 Å². The second-order valence-electron chi connectivity index (χ2n) is 31.1. The summed E-state index contributed by atoms with van der Waals surface area (Å²) in [6.07, 6.45) is 14.3. The SMILES string of the molecule is CCCCCCCCCCCCCCCCN[C@H](C(=O)N[C@H](C(=O)N[C@@H](CC(C)C)C(=O)N1CCC[C@H]1C(=O)N[C@@H](CC(C)C)C(=O)N[C@@H](Cc1c[nH]c2ccccc12)C(=O)N[C@@H](C)C(=O)N[C@H](C(=O)N[C@@H](Cc1ccc(O)cc1)C(=O)N[C@H](C(=O)N[C@@H](Cc1ccc(O)cc1)C(N)=O)[C@@H](C)O)[C@@H](C)O)[C@@H](C)O)C(C)C. The van der Waals surface area contributed by atoms with Gasteiger partial charge in [0.2, 0.25) is 65.0 Å². The van der Waals surface area contributed by atoms with Crippen LogP contribution in [0.2, 0.25) is 0 Å². The Bertz CT molecular complexity index is 3620. The number of aromatic nitrogens is 1. The summed E-state index contributed by atoms with van der Waals surface area (Å²) in [5, 5.41) is 80.4. The Balaban J connectivity index is 1.27. The summed E-state index contributed by atoms with van der Waals surface area (Å²) in [7, 11) is 0.